The minimum atomic E-state index is -0.104. The molecule has 37 heavy (non-hydrogen) atoms. The Labute approximate surface area is 222 Å². The van der Waals surface area contributed by atoms with Gasteiger partial charge in [-0.25, -0.2) is 9.78 Å². The number of nitrogens with zero attached hydrogens (tertiary/aromatic N) is 2. The van der Waals surface area contributed by atoms with Gasteiger partial charge >= 0.3 is 6.03 Å². The van der Waals surface area contributed by atoms with E-state index in [0.29, 0.717) is 24.3 Å². The van der Waals surface area contributed by atoms with Crippen molar-refractivity contribution in [3.8, 4) is 0 Å². The maximum atomic E-state index is 13.5. The van der Waals surface area contributed by atoms with E-state index in [4.69, 9.17) is 4.74 Å². The molecule has 0 saturated carbocycles. The second kappa shape index (κ2) is 12.8. The lowest BCUT2D eigenvalue weighted by Gasteiger charge is -2.28. The molecule has 0 bridgehead atoms. The predicted molar refractivity (Wildman–Crippen MR) is 151 cm³/mol. The molecule has 0 aliphatic carbocycles. The van der Waals surface area contributed by atoms with Crippen molar-refractivity contribution in [3.05, 3.63) is 96.1 Å². The molecule has 3 aromatic carbocycles. The van der Waals surface area contributed by atoms with Crippen molar-refractivity contribution in [1.82, 2.24) is 15.2 Å². The van der Waals surface area contributed by atoms with Gasteiger partial charge in [0.05, 0.1) is 10.2 Å². The van der Waals surface area contributed by atoms with Crippen LogP contribution in [0.1, 0.15) is 36.3 Å². The van der Waals surface area contributed by atoms with Gasteiger partial charge in [-0.3, -0.25) is 5.32 Å². The summed E-state index contributed by atoms with van der Waals surface area (Å²) in [6.45, 7) is 3.62. The van der Waals surface area contributed by atoms with Crippen molar-refractivity contribution >= 4 is 32.7 Å². The number of benzene rings is 3. The van der Waals surface area contributed by atoms with Crippen LogP contribution in [0.25, 0.3) is 10.2 Å². The molecule has 2 heterocycles. The van der Waals surface area contributed by atoms with Gasteiger partial charge in [0, 0.05) is 44.8 Å². The quantitative estimate of drug-likeness (QED) is 0.268. The van der Waals surface area contributed by atoms with Crippen LogP contribution < -0.4 is 10.6 Å². The molecule has 0 spiro atoms. The molecule has 1 aliphatic heterocycles. The Hall–Kier alpha value is -3.26. The second-order valence-corrected chi connectivity index (χ2v) is 10.4. The molecule has 1 fully saturated rings. The summed E-state index contributed by atoms with van der Waals surface area (Å²) < 4.78 is 6.55. The van der Waals surface area contributed by atoms with Gasteiger partial charge in [0.1, 0.15) is 0 Å². The number of para-hydroxylation sites is 1. The molecule has 5 rings (SSSR count). The minimum absolute atomic E-state index is 0.104. The minimum Gasteiger partial charge on any atom is -0.381 e. The van der Waals surface area contributed by atoms with E-state index >= 15 is 0 Å². The Morgan fingerprint density at radius 3 is 2.24 bits per heavy atom. The fourth-order valence-electron chi connectivity index (χ4n) is 4.90. The second-order valence-electron chi connectivity index (χ2n) is 9.41. The standard InChI is InChI=1S/C30H34N4O2S/c35-30(33-29-32-27-13-7-8-14-28(27)37-29)34(20-18-31-25-16-21-36-22-17-25)19-15-26(23-9-3-1-4-10-23)24-11-5-2-6-12-24/h1-14,25-26,31H,15-22H2,(H,32,33,35). The number of thiazole rings is 1. The van der Waals surface area contributed by atoms with Gasteiger partial charge in [0.15, 0.2) is 5.13 Å². The summed E-state index contributed by atoms with van der Waals surface area (Å²) in [4.78, 5) is 20.0. The Morgan fingerprint density at radius 2 is 1.57 bits per heavy atom. The predicted octanol–water partition coefficient (Wildman–Crippen LogP) is 6.12. The van der Waals surface area contributed by atoms with E-state index in [1.54, 1.807) is 0 Å². The highest BCUT2D eigenvalue weighted by molar-refractivity contribution is 7.22. The number of aromatic nitrogens is 1. The van der Waals surface area contributed by atoms with E-state index in [0.717, 1.165) is 49.2 Å². The number of carbonyl (C=O) groups excluding carboxylic acids is 1. The lowest BCUT2D eigenvalue weighted by Crippen LogP contribution is -2.43. The first kappa shape index (κ1) is 25.4. The number of hydrogen-bond donors (Lipinski definition) is 2. The van der Waals surface area contributed by atoms with E-state index < -0.39 is 0 Å². The van der Waals surface area contributed by atoms with Crippen molar-refractivity contribution in [2.24, 2.45) is 0 Å². The zero-order chi connectivity index (χ0) is 25.3. The first-order valence-corrected chi connectivity index (χ1v) is 13.9. The molecule has 1 aromatic heterocycles. The van der Waals surface area contributed by atoms with Crippen LogP contribution in [-0.2, 0) is 4.74 Å². The van der Waals surface area contributed by atoms with E-state index in [1.165, 1.54) is 22.5 Å². The number of amides is 2. The molecular weight excluding hydrogens is 480 g/mol. The molecule has 1 aliphatic rings. The highest BCUT2D eigenvalue weighted by Gasteiger charge is 2.21. The zero-order valence-corrected chi connectivity index (χ0v) is 21.8. The topological polar surface area (TPSA) is 66.5 Å². The third kappa shape index (κ3) is 6.95. The fraction of sp³-hybridized carbons (Fsp3) is 0.333. The number of nitrogens with one attached hydrogen (secondary N) is 2. The van der Waals surface area contributed by atoms with Crippen LogP contribution in [0.2, 0.25) is 0 Å². The van der Waals surface area contributed by atoms with Crippen LogP contribution in [0.5, 0.6) is 0 Å². The molecular formula is C30H34N4O2S. The molecule has 0 radical (unpaired) electrons. The number of ether oxygens (including phenoxy) is 1. The lowest BCUT2D eigenvalue weighted by atomic mass is 9.88. The number of hydrogen-bond acceptors (Lipinski definition) is 5. The number of anilines is 1. The first-order chi connectivity index (χ1) is 18.3. The fourth-order valence-corrected chi connectivity index (χ4v) is 5.75. The van der Waals surface area contributed by atoms with Gasteiger partial charge in [-0.2, -0.15) is 0 Å². The van der Waals surface area contributed by atoms with Crippen molar-refractivity contribution < 1.29 is 9.53 Å². The van der Waals surface area contributed by atoms with Gasteiger partial charge in [-0.1, -0.05) is 84.1 Å². The van der Waals surface area contributed by atoms with Crippen LogP contribution in [0.4, 0.5) is 9.93 Å². The summed E-state index contributed by atoms with van der Waals surface area (Å²) in [5.41, 5.74) is 3.44. The molecule has 192 valence electrons. The number of fused-ring (bicyclic) bond motifs is 1. The average Bonchev–Trinajstić information content (AvgIpc) is 3.36. The molecule has 7 heteroatoms. The summed E-state index contributed by atoms with van der Waals surface area (Å²) in [6, 6.07) is 29.4. The maximum absolute atomic E-state index is 13.5. The highest BCUT2D eigenvalue weighted by atomic mass is 32.1. The molecule has 6 nitrogen and oxygen atoms in total. The number of rotatable bonds is 10. The van der Waals surface area contributed by atoms with Crippen LogP contribution >= 0.6 is 11.3 Å². The van der Waals surface area contributed by atoms with Gasteiger partial charge in [0.25, 0.3) is 0 Å². The third-order valence-electron chi connectivity index (χ3n) is 6.92. The Bertz CT molecular complexity index is 1190. The van der Waals surface area contributed by atoms with E-state index in [2.05, 4.69) is 64.1 Å². The molecule has 1 saturated heterocycles. The van der Waals surface area contributed by atoms with Gasteiger partial charge < -0.3 is 15.0 Å². The summed E-state index contributed by atoms with van der Waals surface area (Å²) in [5, 5.41) is 7.33. The largest absolute Gasteiger partial charge is 0.381 e. The van der Waals surface area contributed by atoms with Crippen molar-refractivity contribution in [2.75, 3.05) is 38.2 Å². The van der Waals surface area contributed by atoms with E-state index in [1.807, 2.05) is 41.3 Å². The molecule has 2 amide bonds. The zero-order valence-electron chi connectivity index (χ0n) is 21.0. The third-order valence-corrected chi connectivity index (χ3v) is 7.87. The Balaban J connectivity index is 1.29. The van der Waals surface area contributed by atoms with Gasteiger partial charge in [0.2, 0.25) is 0 Å². The number of urea groups is 1. The molecule has 0 unspecified atom stereocenters. The monoisotopic (exact) mass is 514 g/mol. The van der Waals surface area contributed by atoms with Crippen LogP contribution in [0, 0.1) is 0 Å². The van der Waals surface area contributed by atoms with Crippen LogP contribution in [0.3, 0.4) is 0 Å². The van der Waals surface area contributed by atoms with Crippen molar-refractivity contribution in [2.45, 2.75) is 31.2 Å². The molecule has 4 aromatic rings. The van der Waals surface area contributed by atoms with Crippen LogP contribution in [0.15, 0.2) is 84.9 Å². The first-order valence-electron chi connectivity index (χ1n) is 13.1. The Kier molecular flexibility index (Phi) is 8.79. The normalized spacial score (nSPS) is 14.2. The summed E-state index contributed by atoms with van der Waals surface area (Å²) in [5.74, 6) is 0.212. The molecule has 0 atom stereocenters. The van der Waals surface area contributed by atoms with Gasteiger partial charge in [-0.15, -0.1) is 0 Å². The van der Waals surface area contributed by atoms with Gasteiger partial charge in [-0.05, 0) is 42.5 Å². The summed E-state index contributed by atoms with van der Waals surface area (Å²) >= 11 is 1.51. The van der Waals surface area contributed by atoms with Crippen molar-refractivity contribution in [1.29, 1.82) is 0 Å². The summed E-state index contributed by atoms with van der Waals surface area (Å²) in [7, 11) is 0. The van der Waals surface area contributed by atoms with E-state index in [9.17, 15) is 4.79 Å². The Morgan fingerprint density at radius 1 is 0.919 bits per heavy atom. The molecule has 2 N–H and O–H groups in total. The van der Waals surface area contributed by atoms with Crippen LogP contribution in [-0.4, -0.2) is 54.8 Å². The lowest BCUT2D eigenvalue weighted by molar-refractivity contribution is 0.0775. The summed E-state index contributed by atoms with van der Waals surface area (Å²) in [6.07, 6.45) is 2.86. The average molecular weight is 515 g/mol. The SMILES string of the molecule is O=C(Nc1nc2ccccc2s1)N(CCNC1CCOCC1)CCC(c1ccccc1)c1ccccc1. The maximum Gasteiger partial charge on any atom is 0.323 e. The number of carbonyl (C=O) groups is 1. The van der Waals surface area contributed by atoms with E-state index in [-0.39, 0.29) is 11.9 Å². The smallest absolute Gasteiger partial charge is 0.323 e. The highest BCUT2D eigenvalue weighted by Crippen LogP contribution is 2.29. The van der Waals surface area contributed by atoms with Crippen molar-refractivity contribution in [3.63, 3.8) is 0 Å².